The number of methoxy groups -OCH3 is 1. The molecule has 0 saturated heterocycles. The Hall–Kier alpha value is -4.61. The normalized spacial score (nSPS) is 10.9. The largest absolute Gasteiger partial charge is 0.468 e. The number of esters is 1. The van der Waals surface area contributed by atoms with Crippen molar-refractivity contribution in [3.8, 4) is 0 Å². The summed E-state index contributed by atoms with van der Waals surface area (Å²) in [6.45, 7) is -0.263. The van der Waals surface area contributed by atoms with E-state index in [1.807, 2.05) is 48.5 Å². The molecule has 210 valence electrons. The summed E-state index contributed by atoms with van der Waals surface area (Å²) in [5, 5.41) is 9.89. The lowest BCUT2D eigenvalue weighted by Crippen LogP contribution is -2.49. The van der Waals surface area contributed by atoms with Crippen molar-refractivity contribution >= 4 is 30.0 Å². The number of nitrogens with one attached hydrogen (secondary N) is 4. The van der Waals surface area contributed by atoms with E-state index in [1.54, 1.807) is 12.1 Å². The lowest BCUT2D eigenvalue weighted by atomic mass is 10.1. The van der Waals surface area contributed by atoms with Gasteiger partial charge >= 0.3 is 18.2 Å². The second-order valence-corrected chi connectivity index (χ2v) is 8.31. The molecule has 2 rings (SSSR count). The molecular formula is C27H34N4O8. The molecular weight excluding hydrogens is 508 g/mol. The van der Waals surface area contributed by atoms with E-state index in [4.69, 9.17) is 9.47 Å². The van der Waals surface area contributed by atoms with Crippen molar-refractivity contribution in [1.82, 2.24) is 21.3 Å². The number of amides is 4. The predicted octanol–water partition coefficient (Wildman–Crippen LogP) is 1.78. The number of ether oxygens (including phenoxy) is 3. The van der Waals surface area contributed by atoms with Gasteiger partial charge in [0, 0.05) is 6.54 Å². The van der Waals surface area contributed by atoms with Crippen LogP contribution in [-0.2, 0) is 41.8 Å². The fourth-order valence-electron chi connectivity index (χ4n) is 3.21. The van der Waals surface area contributed by atoms with Crippen LogP contribution in [-0.4, -0.2) is 62.8 Å². The zero-order chi connectivity index (χ0) is 28.3. The van der Waals surface area contributed by atoms with E-state index < -0.39 is 42.6 Å². The van der Waals surface area contributed by atoms with Gasteiger partial charge in [-0.2, -0.15) is 0 Å². The van der Waals surface area contributed by atoms with Gasteiger partial charge in [0.15, 0.2) is 0 Å². The molecule has 2 aromatic carbocycles. The van der Waals surface area contributed by atoms with Crippen LogP contribution in [0.5, 0.6) is 0 Å². The third kappa shape index (κ3) is 13.5. The summed E-state index contributed by atoms with van der Waals surface area (Å²) in [7, 11) is 1.19. The Kier molecular flexibility index (Phi) is 14.0. The van der Waals surface area contributed by atoms with Crippen LogP contribution in [0, 0.1) is 0 Å². The van der Waals surface area contributed by atoms with Crippen LogP contribution in [0.1, 0.15) is 30.4 Å². The minimum atomic E-state index is -0.994. The second kappa shape index (κ2) is 17.8. The summed E-state index contributed by atoms with van der Waals surface area (Å²) in [5.74, 6) is -1.83. The highest BCUT2D eigenvalue weighted by Gasteiger charge is 2.22. The Balaban J connectivity index is 1.78. The number of benzene rings is 2. The lowest BCUT2D eigenvalue weighted by Gasteiger charge is -2.18. The molecule has 0 heterocycles. The van der Waals surface area contributed by atoms with Crippen molar-refractivity contribution < 1.29 is 38.2 Å². The molecule has 0 bridgehead atoms. The van der Waals surface area contributed by atoms with Crippen molar-refractivity contribution in [2.75, 3.05) is 26.7 Å². The van der Waals surface area contributed by atoms with Gasteiger partial charge in [-0.15, -0.1) is 0 Å². The van der Waals surface area contributed by atoms with Crippen molar-refractivity contribution in [3.05, 3.63) is 71.8 Å². The highest BCUT2D eigenvalue weighted by molar-refractivity contribution is 5.90. The van der Waals surface area contributed by atoms with Crippen LogP contribution in [0.2, 0.25) is 0 Å². The smallest absolute Gasteiger partial charge is 0.408 e. The van der Waals surface area contributed by atoms with Crippen molar-refractivity contribution in [2.24, 2.45) is 0 Å². The Bertz CT molecular complexity index is 1070. The van der Waals surface area contributed by atoms with Gasteiger partial charge in [0.1, 0.15) is 25.8 Å². The minimum Gasteiger partial charge on any atom is -0.468 e. The third-order valence-electron chi connectivity index (χ3n) is 5.30. The molecule has 0 unspecified atom stereocenters. The maximum absolute atomic E-state index is 12.7. The Morgan fingerprint density at radius 1 is 0.718 bits per heavy atom. The molecule has 1 atom stereocenters. The zero-order valence-electron chi connectivity index (χ0n) is 21.8. The molecule has 0 aromatic heterocycles. The maximum Gasteiger partial charge on any atom is 0.408 e. The number of hydrogen-bond donors (Lipinski definition) is 4. The minimum absolute atomic E-state index is 0.0198. The molecule has 0 spiro atoms. The lowest BCUT2D eigenvalue weighted by molar-refractivity contribution is -0.141. The number of carbonyl (C=O) groups excluding carboxylic acids is 5. The molecule has 0 fully saturated rings. The highest BCUT2D eigenvalue weighted by Crippen LogP contribution is 2.05. The van der Waals surface area contributed by atoms with E-state index in [9.17, 15) is 24.0 Å². The van der Waals surface area contributed by atoms with Gasteiger partial charge in [-0.25, -0.2) is 9.59 Å². The fraction of sp³-hybridized carbons (Fsp3) is 0.370. The molecule has 2 aromatic rings. The summed E-state index contributed by atoms with van der Waals surface area (Å²) >= 11 is 0. The van der Waals surface area contributed by atoms with Crippen molar-refractivity contribution in [3.63, 3.8) is 0 Å². The second-order valence-electron chi connectivity index (χ2n) is 8.31. The zero-order valence-corrected chi connectivity index (χ0v) is 21.8. The van der Waals surface area contributed by atoms with Gasteiger partial charge in [0.05, 0.1) is 13.7 Å². The number of hydrogen-bond acceptors (Lipinski definition) is 8. The first kappa shape index (κ1) is 30.6. The van der Waals surface area contributed by atoms with Gasteiger partial charge in [0.2, 0.25) is 11.8 Å². The molecule has 0 radical (unpaired) electrons. The summed E-state index contributed by atoms with van der Waals surface area (Å²) in [6.07, 6.45) is -0.170. The average molecular weight is 543 g/mol. The van der Waals surface area contributed by atoms with E-state index in [2.05, 4.69) is 26.0 Å². The van der Waals surface area contributed by atoms with Crippen LogP contribution in [0.15, 0.2) is 60.7 Å². The maximum atomic E-state index is 12.7. The van der Waals surface area contributed by atoms with Gasteiger partial charge < -0.3 is 35.5 Å². The molecule has 0 aliphatic heterocycles. The highest BCUT2D eigenvalue weighted by atomic mass is 16.6. The number of carbonyl (C=O) groups is 5. The van der Waals surface area contributed by atoms with Gasteiger partial charge in [0.25, 0.3) is 0 Å². The van der Waals surface area contributed by atoms with Gasteiger partial charge in [-0.3, -0.25) is 14.4 Å². The van der Waals surface area contributed by atoms with Crippen LogP contribution >= 0.6 is 0 Å². The van der Waals surface area contributed by atoms with Crippen LogP contribution < -0.4 is 21.3 Å². The summed E-state index contributed by atoms with van der Waals surface area (Å²) in [4.78, 5) is 59.9. The first-order valence-corrected chi connectivity index (χ1v) is 12.4. The Morgan fingerprint density at radius 2 is 1.31 bits per heavy atom. The fourth-order valence-corrected chi connectivity index (χ4v) is 3.21. The van der Waals surface area contributed by atoms with Crippen molar-refractivity contribution in [2.45, 2.75) is 38.5 Å². The third-order valence-corrected chi connectivity index (χ3v) is 5.30. The van der Waals surface area contributed by atoms with Crippen LogP contribution in [0.4, 0.5) is 9.59 Å². The first-order chi connectivity index (χ1) is 18.9. The van der Waals surface area contributed by atoms with Gasteiger partial charge in [-0.05, 0) is 30.4 Å². The molecule has 12 nitrogen and oxygen atoms in total. The Labute approximate surface area is 226 Å². The first-order valence-electron chi connectivity index (χ1n) is 12.4. The standard InChI is InChI=1S/C27H34N4O8/c1-37-24(33)17-29-23(32)16-30-25(34)22(31-27(36)39-19-21-12-6-3-7-13-21)14-8-9-15-28-26(35)38-18-20-10-4-2-5-11-20/h2-7,10-13,22H,8-9,14-19H2,1H3,(H,28,35)(H,29,32)(H,30,34)(H,31,36)/t22-/m1/s1. The van der Waals surface area contributed by atoms with Crippen LogP contribution in [0.25, 0.3) is 0 Å². The Morgan fingerprint density at radius 3 is 1.90 bits per heavy atom. The predicted molar refractivity (Wildman–Crippen MR) is 140 cm³/mol. The summed E-state index contributed by atoms with van der Waals surface area (Å²) in [5.41, 5.74) is 1.65. The molecule has 4 N–H and O–H groups in total. The van der Waals surface area contributed by atoms with E-state index in [1.165, 1.54) is 7.11 Å². The molecule has 39 heavy (non-hydrogen) atoms. The van der Waals surface area contributed by atoms with E-state index in [0.717, 1.165) is 11.1 Å². The number of rotatable bonds is 15. The molecule has 0 aliphatic rings. The van der Waals surface area contributed by atoms with Crippen LogP contribution in [0.3, 0.4) is 0 Å². The topological polar surface area (TPSA) is 161 Å². The molecule has 12 heteroatoms. The quantitative estimate of drug-likeness (QED) is 0.150. The van der Waals surface area contributed by atoms with Crippen molar-refractivity contribution in [1.29, 1.82) is 0 Å². The summed E-state index contributed by atoms with van der Waals surface area (Å²) in [6, 6.07) is 17.3. The van der Waals surface area contributed by atoms with E-state index in [-0.39, 0.29) is 26.2 Å². The SMILES string of the molecule is COC(=O)CNC(=O)CNC(=O)[C@@H](CCCCNC(=O)OCc1ccccc1)NC(=O)OCc1ccccc1. The summed E-state index contributed by atoms with van der Waals surface area (Å²) < 4.78 is 14.8. The number of unbranched alkanes of at least 4 members (excludes halogenated alkanes) is 1. The van der Waals surface area contributed by atoms with Gasteiger partial charge in [-0.1, -0.05) is 60.7 Å². The average Bonchev–Trinajstić information content (AvgIpc) is 2.96. The van der Waals surface area contributed by atoms with E-state index in [0.29, 0.717) is 19.4 Å². The molecule has 4 amide bonds. The van der Waals surface area contributed by atoms with E-state index >= 15 is 0 Å². The molecule has 0 aliphatic carbocycles. The number of alkyl carbamates (subject to hydrolysis) is 2. The molecule has 0 saturated carbocycles. The monoisotopic (exact) mass is 542 g/mol.